The monoisotopic (exact) mass is 383 g/mol. The Morgan fingerprint density at radius 2 is 2.13 bits per heavy atom. The molecule has 0 bridgehead atoms. The molecule has 1 saturated heterocycles. The third-order valence-corrected chi connectivity index (χ3v) is 5.27. The number of piperidine rings is 1. The fraction of sp³-hybridized carbons (Fsp3) is 0.588. The number of fused-ring (bicyclic) bond motifs is 1. The van der Waals surface area contributed by atoms with E-state index in [9.17, 15) is 9.90 Å². The molecule has 1 fully saturated rings. The molecule has 0 aliphatic carbocycles. The largest absolute Gasteiger partial charge is 0.490 e. The fourth-order valence-electron chi connectivity index (χ4n) is 3.38. The van der Waals surface area contributed by atoms with Crippen LogP contribution in [0.1, 0.15) is 31.7 Å². The summed E-state index contributed by atoms with van der Waals surface area (Å²) in [7, 11) is 0. The zero-order valence-electron chi connectivity index (χ0n) is 13.3. The van der Waals surface area contributed by atoms with E-state index in [0.29, 0.717) is 13.2 Å². The summed E-state index contributed by atoms with van der Waals surface area (Å²) in [5.74, 6) is 0.558. The minimum atomic E-state index is -0.693. The van der Waals surface area contributed by atoms with Crippen molar-refractivity contribution in [2.24, 2.45) is 5.92 Å². The van der Waals surface area contributed by atoms with Gasteiger partial charge < -0.3 is 14.6 Å². The number of likely N-dealkylation sites (tertiary alicyclic amines) is 1. The Balaban J connectivity index is 1.78. The van der Waals surface area contributed by atoms with E-state index < -0.39 is 5.97 Å². The van der Waals surface area contributed by atoms with Gasteiger partial charge >= 0.3 is 5.97 Å². The molecule has 0 amide bonds. The molecule has 23 heavy (non-hydrogen) atoms. The van der Waals surface area contributed by atoms with E-state index >= 15 is 0 Å². The number of carboxylic acid groups (broad SMARTS) is 1. The minimum absolute atomic E-state index is 0.0380. The summed E-state index contributed by atoms with van der Waals surface area (Å²) in [6.45, 7) is 4.98. The Bertz CT molecular complexity index is 592. The summed E-state index contributed by atoms with van der Waals surface area (Å²) in [4.78, 5) is 13.6. The molecule has 0 spiro atoms. The standard InChI is InChI=1S/C17H22BrNO4/c1-11-13(17(20)21)4-2-5-19(11)10-12-8-14(18)16-15(9-12)22-6-3-7-23-16/h8-9,11,13H,2-7,10H2,1H3,(H,20,21)/t11-,13-/m1/s1. The van der Waals surface area contributed by atoms with Crippen LogP contribution >= 0.6 is 15.9 Å². The van der Waals surface area contributed by atoms with Crippen LogP contribution in [0.4, 0.5) is 0 Å². The van der Waals surface area contributed by atoms with Crippen molar-refractivity contribution >= 4 is 21.9 Å². The normalized spacial score (nSPS) is 25.0. The van der Waals surface area contributed by atoms with Crippen LogP contribution in [0.25, 0.3) is 0 Å². The number of halogens is 1. The zero-order chi connectivity index (χ0) is 16.4. The van der Waals surface area contributed by atoms with Crippen molar-refractivity contribution in [3.8, 4) is 11.5 Å². The summed E-state index contributed by atoms with van der Waals surface area (Å²) >= 11 is 3.56. The summed E-state index contributed by atoms with van der Waals surface area (Å²) in [5, 5.41) is 9.36. The van der Waals surface area contributed by atoms with Gasteiger partial charge in [-0.15, -0.1) is 0 Å². The van der Waals surface area contributed by atoms with Crippen molar-refractivity contribution in [1.82, 2.24) is 4.90 Å². The predicted molar refractivity (Wildman–Crippen MR) is 90.0 cm³/mol. The summed E-state index contributed by atoms with van der Waals surface area (Å²) in [6.07, 6.45) is 2.56. The summed E-state index contributed by atoms with van der Waals surface area (Å²) < 4.78 is 12.4. The van der Waals surface area contributed by atoms with Crippen LogP contribution in [0.3, 0.4) is 0 Å². The first kappa shape index (κ1) is 16.6. The topological polar surface area (TPSA) is 59.0 Å². The van der Waals surface area contributed by atoms with Crippen molar-refractivity contribution in [3.05, 3.63) is 22.2 Å². The fourth-order valence-corrected chi connectivity index (χ4v) is 3.98. The molecule has 0 aromatic heterocycles. The summed E-state index contributed by atoms with van der Waals surface area (Å²) in [6, 6.07) is 4.10. The van der Waals surface area contributed by atoms with Crippen LogP contribution in [0, 0.1) is 5.92 Å². The van der Waals surface area contributed by atoms with Gasteiger partial charge in [-0.05, 0) is 59.9 Å². The van der Waals surface area contributed by atoms with Crippen LogP contribution in [0.2, 0.25) is 0 Å². The van der Waals surface area contributed by atoms with Crippen LogP contribution in [0.5, 0.6) is 11.5 Å². The first-order valence-corrected chi connectivity index (χ1v) is 8.90. The Morgan fingerprint density at radius 3 is 2.91 bits per heavy atom. The van der Waals surface area contributed by atoms with Crippen molar-refractivity contribution in [3.63, 3.8) is 0 Å². The molecular formula is C17H22BrNO4. The number of hydrogen-bond acceptors (Lipinski definition) is 4. The van der Waals surface area contributed by atoms with Gasteiger partial charge in [0.1, 0.15) is 0 Å². The average Bonchev–Trinajstić information content (AvgIpc) is 2.75. The van der Waals surface area contributed by atoms with Gasteiger partial charge in [-0.2, -0.15) is 0 Å². The highest BCUT2D eigenvalue weighted by atomic mass is 79.9. The smallest absolute Gasteiger partial charge is 0.308 e. The molecule has 2 aliphatic rings. The number of carboxylic acids is 1. The third kappa shape index (κ3) is 3.63. The first-order valence-electron chi connectivity index (χ1n) is 8.11. The van der Waals surface area contributed by atoms with Gasteiger partial charge in [0.05, 0.1) is 23.6 Å². The van der Waals surface area contributed by atoms with Gasteiger partial charge in [-0.3, -0.25) is 9.69 Å². The first-order chi connectivity index (χ1) is 11.1. The lowest BCUT2D eigenvalue weighted by Gasteiger charge is -2.37. The summed E-state index contributed by atoms with van der Waals surface area (Å²) in [5.41, 5.74) is 1.11. The SMILES string of the molecule is C[C@@H]1[C@H](C(=O)O)CCCN1Cc1cc(Br)c2c(c1)OCCCO2. The molecular weight excluding hydrogens is 362 g/mol. The maximum Gasteiger partial charge on any atom is 0.308 e. The maximum absolute atomic E-state index is 11.4. The molecule has 0 unspecified atom stereocenters. The molecule has 2 atom stereocenters. The highest BCUT2D eigenvalue weighted by Gasteiger charge is 2.32. The van der Waals surface area contributed by atoms with Crippen molar-refractivity contribution in [2.45, 2.75) is 38.8 Å². The quantitative estimate of drug-likeness (QED) is 0.867. The van der Waals surface area contributed by atoms with E-state index in [1.807, 2.05) is 19.1 Å². The highest BCUT2D eigenvalue weighted by Crippen LogP contribution is 2.39. The van der Waals surface area contributed by atoms with E-state index in [1.54, 1.807) is 0 Å². The molecule has 3 rings (SSSR count). The maximum atomic E-state index is 11.4. The van der Waals surface area contributed by atoms with E-state index in [-0.39, 0.29) is 12.0 Å². The van der Waals surface area contributed by atoms with Gasteiger partial charge in [0.25, 0.3) is 0 Å². The van der Waals surface area contributed by atoms with Gasteiger partial charge in [-0.1, -0.05) is 0 Å². The molecule has 0 radical (unpaired) electrons. The van der Waals surface area contributed by atoms with E-state index in [0.717, 1.165) is 53.9 Å². The van der Waals surface area contributed by atoms with Gasteiger partial charge in [0, 0.05) is 19.0 Å². The molecule has 1 aromatic rings. The minimum Gasteiger partial charge on any atom is -0.490 e. The lowest BCUT2D eigenvalue weighted by Crippen LogP contribution is -2.45. The lowest BCUT2D eigenvalue weighted by molar-refractivity contribution is -0.145. The van der Waals surface area contributed by atoms with Gasteiger partial charge in [0.2, 0.25) is 0 Å². The molecule has 5 nitrogen and oxygen atoms in total. The highest BCUT2D eigenvalue weighted by molar-refractivity contribution is 9.10. The van der Waals surface area contributed by atoms with Gasteiger partial charge in [-0.25, -0.2) is 0 Å². The lowest BCUT2D eigenvalue weighted by atomic mass is 9.90. The molecule has 0 saturated carbocycles. The molecule has 2 heterocycles. The molecule has 126 valence electrons. The number of carbonyl (C=O) groups is 1. The number of nitrogens with zero attached hydrogens (tertiary/aromatic N) is 1. The second kappa shape index (κ2) is 7.09. The van der Waals surface area contributed by atoms with Crippen molar-refractivity contribution < 1.29 is 19.4 Å². The Hall–Kier alpha value is -1.27. The third-order valence-electron chi connectivity index (χ3n) is 4.68. The Kier molecular flexibility index (Phi) is 5.11. The van der Waals surface area contributed by atoms with E-state index in [2.05, 4.69) is 20.8 Å². The number of hydrogen-bond donors (Lipinski definition) is 1. The van der Waals surface area contributed by atoms with Crippen molar-refractivity contribution in [1.29, 1.82) is 0 Å². The second-order valence-corrected chi connectivity index (χ2v) is 7.11. The average molecular weight is 384 g/mol. The second-order valence-electron chi connectivity index (χ2n) is 6.25. The van der Waals surface area contributed by atoms with Crippen LogP contribution < -0.4 is 9.47 Å². The van der Waals surface area contributed by atoms with Crippen LogP contribution in [0.15, 0.2) is 16.6 Å². The number of aliphatic carboxylic acids is 1. The van der Waals surface area contributed by atoms with Crippen LogP contribution in [-0.2, 0) is 11.3 Å². The molecule has 2 aliphatic heterocycles. The van der Waals surface area contributed by atoms with E-state index in [1.165, 1.54) is 0 Å². The Morgan fingerprint density at radius 1 is 1.35 bits per heavy atom. The van der Waals surface area contributed by atoms with E-state index in [4.69, 9.17) is 9.47 Å². The van der Waals surface area contributed by atoms with Crippen molar-refractivity contribution in [2.75, 3.05) is 19.8 Å². The van der Waals surface area contributed by atoms with Crippen LogP contribution in [-0.4, -0.2) is 41.8 Å². The number of benzene rings is 1. The number of ether oxygens (including phenoxy) is 2. The molecule has 6 heteroatoms. The zero-order valence-corrected chi connectivity index (χ0v) is 14.8. The number of rotatable bonds is 3. The van der Waals surface area contributed by atoms with Gasteiger partial charge in [0.15, 0.2) is 11.5 Å². The molecule has 1 N–H and O–H groups in total. The predicted octanol–water partition coefficient (Wildman–Crippen LogP) is 3.30. The molecule has 1 aromatic carbocycles. The Labute approximate surface area is 144 Å².